The van der Waals surface area contributed by atoms with Crippen LogP contribution in [-0.4, -0.2) is 30.4 Å². The van der Waals surface area contributed by atoms with E-state index in [1.807, 2.05) is 6.07 Å². The highest BCUT2D eigenvalue weighted by molar-refractivity contribution is 9.10. The van der Waals surface area contributed by atoms with Crippen molar-refractivity contribution in [3.63, 3.8) is 0 Å². The van der Waals surface area contributed by atoms with Crippen molar-refractivity contribution in [1.29, 1.82) is 0 Å². The quantitative estimate of drug-likeness (QED) is 0.495. The summed E-state index contributed by atoms with van der Waals surface area (Å²) in [6, 6.07) is 29.8. The number of halogens is 1. The molecule has 4 atom stereocenters. The first-order valence-electron chi connectivity index (χ1n) is 11.6. The minimum Gasteiger partial charge on any atom is -0.335 e. The van der Waals surface area contributed by atoms with E-state index in [4.69, 9.17) is 0 Å². The second-order valence-electron chi connectivity index (χ2n) is 8.98. The number of piperidine rings is 1. The molecule has 2 heterocycles. The van der Waals surface area contributed by atoms with Crippen molar-refractivity contribution in [1.82, 2.24) is 10.2 Å². The summed E-state index contributed by atoms with van der Waals surface area (Å²) in [5.41, 5.74) is 3.85. The smallest absolute Gasteiger partial charge is 0.228 e. The van der Waals surface area contributed by atoms with Crippen LogP contribution in [0.2, 0.25) is 0 Å². The van der Waals surface area contributed by atoms with Gasteiger partial charge in [-0.15, -0.1) is 0 Å². The summed E-state index contributed by atoms with van der Waals surface area (Å²) in [4.78, 5) is 16.2. The molecule has 3 nitrogen and oxygen atoms in total. The van der Waals surface area contributed by atoms with Gasteiger partial charge in [-0.2, -0.15) is 0 Å². The van der Waals surface area contributed by atoms with E-state index in [2.05, 4.69) is 105 Å². The maximum atomic E-state index is 14.0. The summed E-state index contributed by atoms with van der Waals surface area (Å²) < 4.78 is 1.09. The maximum Gasteiger partial charge on any atom is 0.228 e. The summed E-state index contributed by atoms with van der Waals surface area (Å²) >= 11 is 3.71. The van der Waals surface area contributed by atoms with Gasteiger partial charge in [0.05, 0.1) is 12.0 Å². The largest absolute Gasteiger partial charge is 0.335 e. The molecule has 4 heteroatoms. The summed E-state index contributed by atoms with van der Waals surface area (Å²) in [7, 11) is 0. The van der Waals surface area contributed by atoms with Crippen LogP contribution in [0.3, 0.4) is 0 Å². The number of nitrogens with one attached hydrogen (secondary N) is 1. The minimum absolute atomic E-state index is 0.0341. The Labute approximate surface area is 199 Å². The molecular weight excluding hydrogens is 460 g/mol. The van der Waals surface area contributed by atoms with Crippen LogP contribution in [0.4, 0.5) is 0 Å². The van der Waals surface area contributed by atoms with Gasteiger partial charge in [0.15, 0.2) is 0 Å². The molecule has 1 amide bonds. The number of hydrogen-bond donors (Lipinski definition) is 1. The number of rotatable bonds is 4. The van der Waals surface area contributed by atoms with Crippen LogP contribution >= 0.6 is 15.9 Å². The van der Waals surface area contributed by atoms with Crippen LogP contribution in [-0.2, 0) is 4.79 Å². The highest BCUT2D eigenvalue weighted by Gasteiger charge is 2.41. The van der Waals surface area contributed by atoms with Crippen LogP contribution in [0.25, 0.3) is 0 Å². The van der Waals surface area contributed by atoms with Gasteiger partial charge in [-0.3, -0.25) is 4.79 Å². The Hall–Kier alpha value is -2.43. The number of carbonyl (C=O) groups is 1. The molecule has 2 aliphatic rings. The molecule has 2 aliphatic heterocycles. The molecule has 3 unspecified atom stereocenters. The van der Waals surface area contributed by atoms with Crippen LogP contribution < -0.4 is 5.32 Å². The Morgan fingerprint density at radius 2 is 1.50 bits per heavy atom. The van der Waals surface area contributed by atoms with Crippen LogP contribution in [0, 0.1) is 5.92 Å². The fourth-order valence-corrected chi connectivity index (χ4v) is 6.08. The maximum absolute atomic E-state index is 14.0. The highest BCUT2D eigenvalue weighted by Crippen LogP contribution is 2.42. The van der Waals surface area contributed by atoms with Gasteiger partial charge in [0.1, 0.15) is 0 Å². The van der Waals surface area contributed by atoms with Crippen molar-refractivity contribution >= 4 is 21.8 Å². The first-order chi connectivity index (χ1) is 15.7. The molecule has 3 aromatic rings. The van der Waals surface area contributed by atoms with Crippen molar-refractivity contribution < 1.29 is 4.79 Å². The van der Waals surface area contributed by atoms with Crippen molar-refractivity contribution in [2.45, 2.75) is 30.7 Å². The Morgan fingerprint density at radius 1 is 0.844 bits per heavy atom. The Morgan fingerprint density at radius 3 is 2.22 bits per heavy atom. The van der Waals surface area contributed by atoms with Crippen molar-refractivity contribution in [2.75, 3.05) is 19.6 Å². The molecule has 2 fully saturated rings. The predicted octanol–water partition coefficient (Wildman–Crippen LogP) is 5.90. The lowest BCUT2D eigenvalue weighted by Crippen LogP contribution is -2.45. The number of carbonyl (C=O) groups excluding carboxylic acids is 1. The second-order valence-corrected chi connectivity index (χ2v) is 9.84. The van der Waals surface area contributed by atoms with E-state index < -0.39 is 0 Å². The Bertz CT molecular complexity index is 1060. The fraction of sp³-hybridized carbons (Fsp3) is 0.321. The molecule has 5 rings (SSSR count). The van der Waals surface area contributed by atoms with Gasteiger partial charge >= 0.3 is 0 Å². The van der Waals surface area contributed by atoms with Crippen LogP contribution in [0.1, 0.15) is 47.4 Å². The fourth-order valence-electron chi connectivity index (χ4n) is 5.50. The topological polar surface area (TPSA) is 32.3 Å². The van der Waals surface area contributed by atoms with E-state index in [1.165, 1.54) is 16.7 Å². The third kappa shape index (κ3) is 4.26. The SMILES string of the molecule is O=C([C@@H]1CNCC1c1ccccc1Br)N1CCC(c2ccccc2)CC1c1ccccc1. The Kier molecular flexibility index (Phi) is 6.42. The van der Waals surface area contributed by atoms with E-state index in [0.29, 0.717) is 5.92 Å². The molecule has 164 valence electrons. The highest BCUT2D eigenvalue weighted by atomic mass is 79.9. The van der Waals surface area contributed by atoms with E-state index >= 15 is 0 Å². The summed E-state index contributed by atoms with van der Waals surface area (Å²) in [6.07, 6.45) is 1.98. The van der Waals surface area contributed by atoms with Crippen molar-refractivity contribution in [3.05, 3.63) is 106 Å². The average Bonchev–Trinajstić information content (AvgIpc) is 3.34. The van der Waals surface area contributed by atoms with Gasteiger partial charge < -0.3 is 10.2 Å². The second kappa shape index (κ2) is 9.60. The van der Waals surface area contributed by atoms with Crippen LogP contribution in [0.15, 0.2) is 89.4 Å². The van der Waals surface area contributed by atoms with Gasteiger partial charge in [-0.1, -0.05) is 94.8 Å². The lowest BCUT2D eigenvalue weighted by molar-refractivity contribution is -0.139. The van der Waals surface area contributed by atoms with Crippen molar-refractivity contribution in [2.24, 2.45) is 5.92 Å². The number of nitrogens with zero attached hydrogens (tertiary/aromatic N) is 1. The summed E-state index contributed by atoms with van der Waals surface area (Å²) in [6.45, 7) is 2.39. The molecular formula is C28H29BrN2O. The van der Waals surface area contributed by atoms with E-state index in [-0.39, 0.29) is 23.8 Å². The number of amides is 1. The van der Waals surface area contributed by atoms with Crippen LogP contribution in [0.5, 0.6) is 0 Å². The predicted molar refractivity (Wildman–Crippen MR) is 133 cm³/mol. The lowest BCUT2D eigenvalue weighted by Gasteiger charge is -2.42. The monoisotopic (exact) mass is 488 g/mol. The van der Waals surface area contributed by atoms with Crippen molar-refractivity contribution in [3.8, 4) is 0 Å². The third-order valence-corrected chi connectivity index (χ3v) is 7.90. The number of likely N-dealkylation sites (tertiary alicyclic amines) is 1. The average molecular weight is 489 g/mol. The van der Waals surface area contributed by atoms with Gasteiger partial charge in [-0.25, -0.2) is 0 Å². The molecule has 32 heavy (non-hydrogen) atoms. The first-order valence-corrected chi connectivity index (χ1v) is 12.4. The first kappa shape index (κ1) is 21.4. The molecule has 0 spiro atoms. The zero-order valence-electron chi connectivity index (χ0n) is 18.2. The third-order valence-electron chi connectivity index (χ3n) is 7.18. The number of hydrogen-bond acceptors (Lipinski definition) is 2. The normalized spacial score (nSPS) is 25.6. The minimum atomic E-state index is -0.0341. The molecule has 0 aliphatic carbocycles. The van der Waals surface area contributed by atoms with Gasteiger partial charge in [0.2, 0.25) is 5.91 Å². The molecule has 1 N–H and O–H groups in total. The zero-order valence-corrected chi connectivity index (χ0v) is 19.7. The van der Waals surface area contributed by atoms with E-state index in [0.717, 1.165) is 36.9 Å². The van der Waals surface area contributed by atoms with Gasteiger partial charge in [-0.05, 0) is 41.5 Å². The van der Waals surface area contributed by atoms with E-state index in [9.17, 15) is 4.79 Å². The molecule has 0 radical (unpaired) electrons. The molecule has 2 saturated heterocycles. The lowest BCUT2D eigenvalue weighted by atomic mass is 9.81. The summed E-state index contributed by atoms with van der Waals surface area (Å²) in [5.74, 6) is 0.928. The Balaban J connectivity index is 1.43. The van der Waals surface area contributed by atoms with Gasteiger partial charge in [0.25, 0.3) is 0 Å². The van der Waals surface area contributed by atoms with Gasteiger partial charge in [0, 0.05) is 30.0 Å². The molecule has 0 aromatic heterocycles. The zero-order chi connectivity index (χ0) is 21.9. The standard InChI is InChI=1S/C28H29BrN2O/c29-26-14-8-7-13-23(26)24-18-30-19-25(24)28(32)31-16-15-22(20-9-3-1-4-10-20)17-27(31)21-11-5-2-6-12-21/h1-14,22,24-25,27,30H,15-19H2/t22?,24?,25-,27?/m1/s1. The molecule has 0 bridgehead atoms. The van der Waals surface area contributed by atoms with E-state index in [1.54, 1.807) is 0 Å². The number of benzene rings is 3. The molecule has 3 aromatic carbocycles. The summed E-state index contributed by atoms with van der Waals surface area (Å²) in [5, 5.41) is 3.49. The molecule has 0 saturated carbocycles.